The Bertz CT molecular complexity index is 721. The smallest absolute Gasteiger partial charge is 0.246 e. The quantitative estimate of drug-likeness (QED) is 0.889. The Balaban J connectivity index is 1.95. The Labute approximate surface area is 129 Å². The summed E-state index contributed by atoms with van der Waals surface area (Å²) in [6.45, 7) is 0. The number of hydrogen-bond acceptors (Lipinski definition) is 3. The number of rotatable bonds is 3. The van der Waals surface area contributed by atoms with Crippen LogP contribution in [0.1, 0.15) is 11.6 Å². The fourth-order valence-corrected chi connectivity index (χ4v) is 2.73. The summed E-state index contributed by atoms with van der Waals surface area (Å²) in [5.41, 5.74) is 1.54. The van der Waals surface area contributed by atoms with Crippen LogP contribution in [0.25, 0.3) is 0 Å². The minimum atomic E-state index is -0.375. The van der Waals surface area contributed by atoms with E-state index in [0.29, 0.717) is 21.7 Å². The molecule has 1 amide bonds. The van der Waals surface area contributed by atoms with Crippen LogP contribution < -0.4 is 15.4 Å². The standard InChI is InChI=1S/C15H12BrFN2O2/c1-18-14-10-6-11(16)13(7-12(10)19-15(14)20)21-9-4-2-3-8(17)5-9/h2-7,14,18H,1H3,(H,19,20). The highest BCUT2D eigenvalue weighted by Crippen LogP contribution is 2.40. The van der Waals surface area contributed by atoms with Crippen molar-refractivity contribution in [1.82, 2.24) is 5.32 Å². The molecule has 2 aromatic carbocycles. The number of carbonyl (C=O) groups is 1. The molecule has 4 nitrogen and oxygen atoms in total. The Morgan fingerprint density at radius 3 is 2.86 bits per heavy atom. The summed E-state index contributed by atoms with van der Waals surface area (Å²) in [6, 6.07) is 9.06. The number of ether oxygens (including phenoxy) is 1. The number of fused-ring (bicyclic) bond motifs is 1. The molecular weight excluding hydrogens is 339 g/mol. The van der Waals surface area contributed by atoms with Gasteiger partial charge in [0, 0.05) is 23.4 Å². The summed E-state index contributed by atoms with van der Waals surface area (Å²) in [5.74, 6) is 0.428. The molecule has 0 saturated heterocycles. The lowest BCUT2D eigenvalue weighted by atomic mass is 10.1. The van der Waals surface area contributed by atoms with Crippen LogP contribution in [0, 0.1) is 5.82 Å². The zero-order chi connectivity index (χ0) is 15.0. The van der Waals surface area contributed by atoms with Crippen LogP contribution in [0.5, 0.6) is 11.5 Å². The zero-order valence-electron chi connectivity index (χ0n) is 11.1. The van der Waals surface area contributed by atoms with Gasteiger partial charge in [-0.2, -0.15) is 0 Å². The third kappa shape index (κ3) is 2.64. The lowest BCUT2D eigenvalue weighted by molar-refractivity contribution is -0.117. The molecule has 0 spiro atoms. The van der Waals surface area contributed by atoms with E-state index < -0.39 is 0 Å². The van der Waals surface area contributed by atoms with E-state index in [1.54, 1.807) is 25.2 Å². The van der Waals surface area contributed by atoms with Crippen molar-refractivity contribution in [3.63, 3.8) is 0 Å². The molecule has 1 aliphatic heterocycles. The maximum absolute atomic E-state index is 13.2. The highest BCUT2D eigenvalue weighted by Gasteiger charge is 2.30. The summed E-state index contributed by atoms with van der Waals surface area (Å²) in [6.07, 6.45) is 0. The Kier molecular flexibility index (Phi) is 3.65. The maximum Gasteiger partial charge on any atom is 0.246 e. The van der Waals surface area contributed by atoms with Gasteiger partial charge < -0.3 is 15.4 Å². The monoisotopic (exact) mass is 350 g/mol. The maximum atomic E-state index is 13.2. The molecule has 0 aromatic heterocycles. The molecule has 0 radical (unpaired) electrons. The largest absolute Gasteiger partial charge is 0.456 e. The minimum absolute atomic E-state index is 0.109. The van der Waals surface area contributed by atoms with Crippen LogP contribution in [-0.2, 0) is 4.79 Å². The first-order valence-corrected chi connectivity index (χ1v) is 7.13. The highest BCUT2D eigenvalue weighted by atomic mass is 79.9. The van der Waals surface area contributed by atoms with Crippen molar-refractivity contribution in [1.29, 1.82) is 0 Å². The molecule has 108 valence electrons. The van der Waals surface area contributed by atoms with Crippen molar-refractivity contribution >= 4 is 27.5 Å². The fourth-order valence-electron chi connectivity index (χ4n) is 2.28. The van der Waals surface area contributed by atoms with E-state index in [1.807, 2.05) is 6.07 Å². The third-order valence-corrected chi connectivity index (χ3v) is 3.87. The predicted molar refractivity (Wildman–Crippen MR) is 81.0 cm³/mol. The highest BCUT2D eigenvalue weighted by molar-refractivity contribution is 9.10. The van der Waals surface area contributed by atoms with E-state index in [4.69, 9.17) is 4.74 Å². The second-order valence-electron chi connectivity index (χ2n) is 4.64. The second-order valence-corrected chi connectivity index (χ2v) is 5.49. The van der Waals surface area contributed by atoms with Crippen molar-refractivity contribution < 1.29 is 13.9 Å². The summed E-state index contributed by atoms with van der Waals surface area (Å²) < 4.78 is 19.5. The molecule has 0 fully saturated rings. The first-order chi connectivity index (χ1) is 10.1. The van der Waals surface area contributed by atoms with E-state index in [2.05, 4.69) is 26.6 Å². The molecule has 1 heterocycles. The fraction of sp³-hybridized carbons (Fsp3) is 0.133. The number of anilines is 1. The number of halogens is 2. The lowest BCUT2D eigenvalue weighted by Gasteiger charge is -2.11. The molecule has 3 rings (SSSR count). The molecule has 1 unspecified atom stereocenters. The van der Waals surface area contributed by atoms with E-state index in [1.165, 1.54) is 12.1 Å². The molecular formula is C15H12BrFN2O2. The Hall–Kier alpha value is -1.92. The number of benzene rings is 2. The number of amides is 1. The number of likely N-dealkylation sites (N-methyl/N-ethyl adjacent to an activating group) is 1. The lowest BCUT2D eigenvalue weighted by Crippen LogP contribution is -2.23. The first-order valence-electron chi connectivity index (χ1n) is 6.33. The first kappa shape index (κ1) is 14.0. The van der Waals surface area contributed by atoms with Crippen LogP contribution in [0.4, 0.5) is 10.1 Å². The van der Waals surface area contributed by atoms with Crippen LogP contribution in [-0.4, -0.2) is 13.0 Å². The minimum Gasteiger partial charge on any atom is -0.456 e. The van der Waals surface area contributed by atoms with Crippen LogP contribution in [0.3, 0.4) is 0 Å². The van der Waals surface area contributed by atoms with Gasteiger partial charge in [-0.15, -0.1) is 0 Å². The zero-order valence-corrected chi connectivity index (χ0v) is 12.7. The summed E-state index contributed by atoms with van der Waals surface area (Å²) in [7, 11) is 1.73. The van der Waals surface area contributed by atoms with E-state index in [-0.39, 0.29) is 17.8 Å². The topological polar surface area (TPSA) is 50.4 Å². The van der Waals surface area contributed by atoms with Gasteiger partial charge in [-0.1, -0.05) is 6.07 Å². The van der Waals surface area contributed by atoms with Crippen molar-refractivity contribution in [2.45, 2.75) is 6.04 Å². The SMILES string of the molecule is CNC1C(=O)Nc2cc(Oc3cccc(F)c3)c(Br)cc21. The van der Waals surface area contributed by atoms with Gasteiger partial charge >= 0.3 is 0 Å². The van der Waals surface area contributed by atoms with Gasteiger partial charge in [0.1, 0.15) is 23.4 Å². The molecule has 0 bridgehead atoms. The molecule has 1 aliphatic rings. The van der Waals surface area contributed by atoms with Crippen LogP contribution in [0.2, 0.25) is 0 Å². The van der Waals surface area contributed by atoms with Gasteiger partial charge in [0.15, 0.2) is 0 Å². The molecule has 1 atom stereocenters. The van der Waals surface area contributed by atoms with Gasteiger partial charge in [-0.25, -0.2) is 4.39 Å². The van der Waals surface area contributed by atoms with Crippen molar-refractivity contribution in [3.05, 3.63) is 52.3 Å². The number of carbonyl (C=O) groups excluding carboxylic acids is 1. The van der Waals surface area contributed by atoms with Crippen molar-refractivity contribution in [2.75, 3.05) is 12.4 Å². The Morgan fingerprint density at radius 2 is 2.14 bits per heavy atom. The van der Waals surface area contributed by atoms with Gasteiger partial charge in [0.25, 0.3) is 0 Å². The molecule has 21 heavy (non-hydrogen) atoms. The van der Waals surface area contributed by atoms with Crippen molar-refractivity contribution in [3.8, 4) is 11.5 Å². The summed E-state index contributed by atoms with van der Waals surface area (Å²) >= 11 is 3.42. The molecule has 6 heteroatoms. The molecule has 2 aromatic rings. The van der Waals surface area contributed by atoms with E-state index in [9.17, 15) is 9.18 Å². The van der Waals surface area contributed by atoms with Crippen LogP contribution in [0.15, 0.2) is 40.9 Å². The average molecular weight is 351 g/mol. The molecule has 0 saturated carbocycles. The molecule has 2 N–H and O–H groups in total. The summed E-state index contributed by atoms with van der Waals surface area (Å²) in [4.78, 5) is 11.8. The second kappa shape index (κ2) is 5.46. The van der Waals surface area contributed by atoms with Gasteiger partial charge in [-0.05, 0) is 41.2 Å². The summed E-state index contributed by atoms with van der Waals surface area (Å²) in [5, 5.41) is 5.74. The van der Waals surface area contributed by atoms with Gasteiger partial charge in [0.05, 0.1) is 4.47 Å². The third-order valence-electron chi connectivity index (χ3n) is 3.25. The van der Waals surface area contributed by atoms with Gasteiger partial charge in [-0.3, -0.25) is 4.79 Å². The van der Waals surface area contributed by atoms with Crippen LogP contribution >= 0.6 is 15.9 Å². The average Bonchev–Trinajstić information content (AvgIpc) is 2.74. The van der Waals surface area contributed by atoms with E-state index in [0.717, 1.165) is 5.56 Å². The van der Waals surface area contributed by atoms with Gasteiger partial charge in [0.2, 0.25) is 5.91 Å². The Morgan fingerprint density at radius 1 is 1.33 bits per heavy atom. The number of hydrogen-bond donors (Lipinski definition) is 2. The van der Waals surface area contributed by atoms with E-state index >= 15 is 0 Å². The predicted octanol–water partition coefficient (Wildman–Crippen LogP) is 3.59. The number of nitrogens with one attached hydrogen (secondary N) is 2. The normalized spacial score (nSPS) is 16.5. The van der Waals surface area contributed by atoms with Crippen molar-refractivity contribution in [2.24, 2.45) is 0 Å². The molecule has 0 aliphatic carbocycles.